The van der Waals surface area contributed by atoms with E-state index in [2.05, 4.69) is 20.3 Å². The highest BCUT2D eigenvalue weighted by molar-refractivity contribution is 8.07. The summed E-state index contributed by atoms with van der Waals surface area (Å²) >= 11 is 11.7. The second kappa shape index (κ2) is 9.73. The van der Waals surface area contributed by atoms with E-state index in [-0.39, 0.29) is 18.3 Å². The number of para-hydroxylation sites is 1. The van der Waals surface area contributed by atoms with E-state index in [9.17, 15) is 9.90 Å². The Kier molecular flexibility index (Phi) is 6.41. The Balaban J connectivity index is 1.23. The van der Waals surface area contributed by atoms with Crippen LogP contribution in [0.2, 0.25) is 5.02 Å². The van der Waals surface area contributed by atoms with Crippen molar-refractivity contribution in [1.29, 1.82) is 0 Å². The van der Waals surface area contributed by atoms with Crippen LogP contribution in [0.3, 0.4) is 0 Å². The number of carbonyl (C=O) groups excluding carboxylic acids is 1. The Labute approximate surface area is 220 Å². The van der Waals surface area contributed by atoms with E-state index >= 15 is 0 Å². The molecule has 0 aliphatic carbocycles. The van der Waals surface area contributed by atoms with Crippen molar-refractivity contribution in [3.05, 3.63) is 77.8 Å². The molecule has 1 amide bonds. The van der Waals surface area contributed by atoms with Gasteiger partial charge in [0.2, 0.25) is 0 Å². The number of aliphatic hydroxyl groups is 1. The molecule has 4 aromatic rings. The molecule has 2 saturated heterocycles. The van der Waals surface area contributed by atoms with Gasteiger partial charge < -0.3 is 19.7 Å². The summed E-state index contributed by atoms with van der Waals surface area (Å²) in [5.41, 5.74) is 1.16. The fourth-order valence-electron chi connectivity index (χ4n) is 4.14. The van der Waals surface area contributed by atoms with Crippen LogP contribution in [0.25, 0.3) is 11.2 Å². The third-order valence-electron chi connectivity index (χ3n) is 5.90. The third-order valence-corrected chi connectivity index (χ3v) is 8.40. The largest absolute Gasteiger partial charge is 0.423 e. The van der Waals surface area contributed by atoms with E-state index in [0.717, 1.165) is 0 Å². The molecule has 6 rings (SSSR count). The van der Waals surface area contributed by atoms with Crippen molar-refractivity contribution in [2.45, 2.75) is 24.5 Å². The van der Waals surface area contributed by atoms with E-state index in [1.165, 1.54) is 12.7 Å². The summed E-state index contributed by atoms with van der Waals surface area (Å²) in [7, 11) is 0. The van der Waals surface area contributed by atoms with Crippen molar-refractivity contribution in [2.24, 2.45) is 0 Å². The third kappa shape index (κ3) is 4.62. The predicted molar refractivity (Wildman–Crippen MR) is 137 cm³/mol. The number of ether oxygens (including phenoxy) is 1. The van der Waals surface area contributed by atoms with Crippen LogP contribution in [-0.2, 0) is 25.6 Å². The number of hydrogen-bond acceptors (Lipinski definition) is 10. The number of rotatable bonds is 5. The van der Waals surface area contributed by atoms with Gasteiger partial charge in [-0.3, -0.25) is 18.4 Å². The smallest absolute Gasteiger partial charge is 0.381 e. The van der Waals surface area contributed by atoms with Crippen LogP contribution in [-0.4, -0.2) is 55.5 Å². The first-order valence-electron chi connectivity index (χ1n) is 11.2. The van der Waals surface area contributed by atoms with Crippen molar-refractivity contribution >= 4 is 53.0 Å². The molecule has 0 radical (unpaired) electrons. The number of hydrogen-bond donors (Lipinski definition) is 2. The molecular weight excluding hydrogens is 541 g/mol. The first kappa shape index (κ1) is 24.4. The number of amides is 1. The zero-order valence-electron chi connectivity index (χ0n) is 18.9. The average molecular weight is 560 g/mol. The number of anilines is 1. The maximum Gasteiger partial charge on any atom is 0.381 e. The SMILES string of the molecule is O=C(Nc1ncnc2c1ncn2C1OC2COP(=S)(Oc3ccccc3Cl)OC2C1O)c1ccccc1. The van der Waals surface area contributed by atoms with Gasteiger partial charge in [0.25, 0.3) is 5.91 Å². The summed E-state index contributed by atoms with van der Waals surface area (Å²) in [6.45, 7) is -3.21. The zero-order chi connectivity index (χ0) is 25.6. The van der Waals surface area contributed by atoms with Gasteiger partial charge in [0.05, 0.1) is 18.0 Å². The summed E-state index contributed by atoms with van der Waals surface area (Å²) in [5.74, 6) is 0.220. The quantitative estimate of drug-likeness (QED) is 0.349. The summed E-state index contributed by atoms with van der Waals surface area (Å²) < 4.78 is 25.1. The molecule has 4 heterocycles. The van der Waals surface area contributed by atoms with Crippen molar-refractivity contribution in [3.63, 3.8) is 0 Å². The van der Waals surface area contributed by atoms with Gasteiger partial charge in [0.15, 0.2) is 23.2 Å². The van der Waals surface area contributed by atoms with Gasteiger partial charge in [-0.1, -0.05) is 41.9 Å². The molecule has 2 aromatic heterocycles. The first-order valence-corrected chi connectivity index (χ1v) is 14.1. The minimum Gasteiger partial charge on any atom is -0.423 e. The van der Waals surface area contributed by atoms with Gasteiger partial charge in [-0.2, -0.15) is 0 Å². The summed E-state index contributed by atoms with van der Waals surface area (Å²) in [6.07, 6.45) is -0.711. The topological polar surface area (TPSA) is 130 Å². The van der Waals surface area contributed by atoms with Gasteiger partial charge in [-0.15, -0.1) is 0 Å². The molecule has 2 fully saturated rings. The van der Waals surface area contributed by atoms with Gasteiger partial charge in [0, 0.05) is 17.4 Å². The van der Waals surface area contributed by atoms with Crippen molar-refractivity contribution in [1.82, 2.24) is 19.5 Å². The van der Waals surface area contributed by atoms with E-state index in [1.807, 2.05) is 6.07 Å². The summed E-state index contributed by atoms with van der Waals surface area (Å²) in [6, 6.07) is 15.6. The standard InChI is InChI=1S/C23H19ClN5O6PS/c24-14-8-4-5-9-15(14)34-36(37)32-10-16-19(35-36)18(30)23(33-16)29-12-27-17-20(25-11-26-21(17)29)28-22(31)13-6-2-1-3-7-13/h1-9,11-12,16,18-19,23,30H,10H2,(H,25,26,28,31). The minimum atomic E-state index is -3.26. The molecule has 0 spiro atoms. The highest BCUT2D eigenvalue weighted by atomic mass is 35.5. The average Bonchev–Trinajstić information content (AvgIpc) is 3.47. The fourth-order valence-corrected chi connectivity index (χ4v) is 6.54. The Morgan fingerprint density at radius 3 is 2.76 bits per heavy atom. The maximum atomic E-state index is 12.6. The fraction of sp³-hybridized carbons (Fsp3) is 0.217. The number of carbonyl (C=O) groups is 1. The Bertz CT molecular complexity index is 1520. The van der Waals surface area contributed by atoms with Crippen LogP contribution in [0.15, 0.2) is 67.3 Å². The number of fused-ring (bicyclic) bond motifs is 2. The lowest BCUT2D eigenvalue weighted by atomic mass is 10.1. The van der Waals surface area contributed by atoms with Crippen LogP contribution in [0.4, 0.5) is 5.82 Å². The van der Waals surface area contributed by atoms with Gasteiger partial charge in [-0.05, 0) is 24.3 Å². The molecular formula is C23H19ClN5O6PS. The molecule has 5 atom stereocenters. The summed E-state index contributed by atoms with van der Waals surface area (Å²) in [4.78, 5) is 25.5. The Morgan fingerprint density at radius 1 is 1.16 bits per heavy atom. The monoisotopic (exact) mass is 559 g/mol. The number of nitrogens with zero attached hydrogens (tertiary/aromatic N) is 4. The number of nitrogens with one attached hydrogen (secondary N) is 1. The highest BCUT2D eigenvalue weighted by Crippen LogP contribution is 2.57. The van der Waals surface area contributed by atoms with Crippen molar-refractivity contribution in [3.8, 4) is 5.75 Å². The number of aromatic nitrogens is 4. The first-order chi connectivity index (χ1) is 17.9. The Morgan fingerprint density at radius 2 is 1.95 bits per heavy atom. The van der Waals surface area contributed by atoms with Gasteiger partial charge >= 0.3 is 6.72 Å². The van der Waals surface area contributed by atoms with E-state index < -0.39 is 31.3 Å². The lowest BCUT2D eigenvalue weighted by Crippen LogP contribution is -2.39. The van der Waals surface area contributed by atoms with E-state index in [4.69, 9.17) is 41.7 Å². The lowest BCUT2D eigenvalue weighted by molar-refractivity contribution is -0.0585. The summed E-state index contributed by atoms with van der Waals surface area (Å²) in [5, 5.41) is 14.3. The second-order valence-electron chi connectivity index (χ2n) is 8.26. The normalized spacial score (nSPS) is 27.1. The van der Waals surface area contributed by atoms with Crippen LogP contribution < -0.4 is 9.84 Å². The zero-order valence-corrected chi connectivity index (χ0v) is 21.3. The number of benzene rings is 2. The van der Waals surface area contributed by atoms with Gasteiger partial charge in [0.1, 0.15) is 30.4 Å². The van der Waals surface area contributed by atoms with E-state index in [1.54, 1.807) is 53.1 Å². The molecule has 2 N–H and O–H groups in total. The lowest BCUT2D eigenvalue weighted by Gasteiger charge is -2.33. The number of halogens is 1. The maximum absolute atomic E-state index is 12.6. The molecule has 2 aliphatic rings. The molecule has 0 bridgehead atoms. The van der Waals surface area contributed by atoms with Crippen LogP contribution in [0.5, 0.6) is 5.75 Å². The van der Waals surface area contributed by atoms with Crippen molar-refractivity contribution in [2.75, 3.05) is 11.9 Å². The molecule has 2 aromatic carbocycles. The van der Waals surface area contributed by atoms with Crippen LogP contribution >= 0.6 is 18.3 Å². The highest BCUT2D eigenvalue weighted by Gasteiger charge is 2.52. The predicted octanol–water partition coefficient (Wildman–Crippen LogP) is 3.71. The molecule has 14 heteroatoms. The molecule has 5 unspecified atom stereocenters. The number of imidazole rings is 1. The Hall–Kier alpha value is -2.96. The molecule has 37 heavy (non-hydrogen) atoms. The second-order valence-corrected chi connectivity index (χ2v) is 11.6. The van der Waals surface area contributed by atoms with Crippen LogP contribution in [0.1, 0.15) is 16.6 Å². The minimum absolute atomic E-state index is 0.0555. The molecule has 0 saturated carbocycles. The molecule has 2 aliphatic heterocycles. The number of aliphatic hydroxyl groups excluding tert-OH is 1. The van der Waals surface area contributed by atoms with Crippen molar-refractivity contribution < 1.29 is 28.2 Å². The van der Waals surface area contributed by atoms with E-state index in [0.29, 0.717) is 27.5 Å². The van der Waals surface area contributed by atoms with Crippen LogP contribution in [0, 0.1) is 0 Å². The molecule has 190 valence electrons. The van der Waals surface area contributed by atoms with Gasteiger partial charge in [-0.25, -0.2) is 15.0 Å². The molecule has 11 nitrogen and oxygen atoms in total.